The molecule has 0 unspecified atom stereocenters. The Morgan fingerprint density at radius 1 is 1.17 bits per heavy atom. The summed E-state index contributed by atoms with van der Waals surface area (Å²) in [7, 11) is 0. The van der Waals surface area contributed by atoms with Gasteiger partial charge in [0.25, 0.3) is 5.91 Å². The van der Waals surface area contributed by atoms with Gasteiger partial charge in [0.1, 0.15) is 12.4 Å². The maximum Gasteiger partial charge on any atom is 0.326 e. The number of esters is 1. The van der Waals surface area contributed by atoms with Crippen molar-refractivity contribution in [1.82, 2.24) is 14.9 Å². The lowest BCUT2D eigenvalue weighted by Crippen LogP contribution is -2.25. The summed E-state index contributed by atoms with van der Waals surface area (Å²) in [5, 5.41) is 3.42. The lowest BCUT2D eigenvalue weighted by Gasteiger charge is -2.11. The molecular weight excluding hydrogens is 390 g/mol. The normalized spacial score (nSPS) is 11.0. The van der Waals surface area contributed by atoms with E-state index in [1.165, 1.54) is 0 Å². The van der Waals surface area contributed by atoms with Crippen LogP contribution in [0.4, 0.5) is 0 Å². The van der Waals surface area contributed by atoms with E-state index in [4.69, 9.17) is 16.3 Å². The van der Waals surface area contributed by atoms with E-state index in [9.17, 15) is 9.59 Å². The molecule has 29 heavy (non-hydrogen) atoms. The fourth-order valence-electron chi connectivity index (χ4n) is 3.10. The number of benzene rings is 2. The highest BCUT2D eigenvalue weighted by Crippen LogP contribution is 2.17. The number of hydrogen-bond acceptors (Lipinski definition) is 4. The molecule has 3 aromatic rings. The van der Waals surface area contributed by atoms with E-state index in [1.807, 2.05) is 42.7 Å². The second-order valence-electron chi connectivity index (χ2n) is 7.01. The molecule has 0 spiro atoms. The van der Waals surface area contributed by atoms with Crippen molar-refractivity contribution in [3.8, 4) is 0 Å². The second-order valence-corrected chi connectivity index (χ2v) is 7.45. The molecule has 0 bridgehead atoms. The van der Waals surface area contributed by atoms with E-state index < -0.39 is 0 Å². The predicted octanol–water partition coefficient (Wildman–Crippen LogP) is 4.00. The van der Waals surface area contributed by atoms with Gasteiger partial charge in [-0.2, -0.15) is 0 Å². The first-order valence-corrected chi connectivity index (χ1v) is 9.99. The molecule has 1 N–H and O–H groups in total. The first kappa shape index (κ1) is 20.9. The number of aryl methyl sites for hydroxylation is 1. The van der Waals surface area contributed by atoms with Crippen molar-refractivity contribution in [3.63, 3.8) is 0 Å². The van der Waals surface area contributed by atoms with E-state index in [1.54, 1.807) is 24.3 Å². The number of amides is 1. The summed E-state index contributed by atoms with van der Waals surface area (Å²) < 4.78 is 7.18. The molecule has 1 heterocycles. The van der Waals surface area contributed by atoms with E-state index >= 15 is 0 Å². The molecule has 3 rings (SSSR count). The van der Waals surface area contributed by atoms with Crippen molar-refractivity contribution in [2.75, 3.05) is 6.54 Å². The molecule has 6 nitrogen and oxygen atoms in total. The van der Waals surface area contributed by atoms with Crippen LogP contribution in [-0.2, 0) is 22.5 Å². The first-order valence-electron chi connectivity index (χ1n) is 9.61. The molecule has 0 aliphatic carbocycles. The zero-order chi connectivity index (χ0) is 20.8. The van der Waals surface area contributed by atoms with Crippen LogP contribution < -0.4 is 5.32 Å². The highest BCUT2D eigenvalue weighted by molar-refractivity contribution is 6.30. The van der Waals surface area contributed by atoms with E-state index in [0.29, 0.717) is 30.0 Å². The molecule has 0 aliphatic heterocycles. The SMILES string of the molecule is CC(C)OC(=O)Cn1c(CCCNC(=O)c2cccc(Cl)c2)nc2ccccc21. The van der Waals surface area contributed by atoms with Crippen LogP contribution in [0.1, 0.15) is 36.5 Å². The summed E-state index contributed by atoms with van der Waals surface area (Å²) in [6, 6.07) is 14.5. The van der Waals surface area contributed by atoms with Crippen molar-refractivity contribution in [2.24, 2.45) is 0 Å². The Bertz CT molecular complexity index is 1010. The Morgan fingerprint density at radius 2 is 1.97 bits per heavy atom. The van der Waals surface area contributed by atoms with Gasteiger partial charge in [0, 0.05) is 23.6 Å². The Kier molecular flexibility index (Phi) is 6.88. The number of carbonyl (C=O) groups is 2. The fourth-order valence-corrected chi connectivity index (χ4v) is 3.29. The maximum atomic E-state index is 12.2. The van der Waals surface area contributed by atoms with E-state index in [-0.39, 0.29) is 24.5 Å². The molecule has 0 radical (unpaired) electrons. The quantitative estimate of drug-likeness (QED) is 0.447. The minimum Gasteiger partial charge on any atom is -0.462 e. The van der Waals surface area contributed by atoms with Crippen molar-refractivity contribution >= 4 is 34.5 Å². The smallest absolute Gasteiger partial charge is 0.326 e. The van der Waals surface area contributed by atoms with Gasteiger partial charge in [0.15, 0.2) is 0 Å². The number of nitrogens with zero attached hydrogens (tertiary/aromatic N) is 2. The van der Waals surface area contributed by atoms with Crippen LogP contribution in [0.15, 0.2) is 48.5 Å². The molecule has 7 heteroatoms. The molecule has 0 saturated carbocycles. The van der Waals surface area contributed by atoms with Gasteiger partial charge in [0.05, 0.1) is 17.1 Å². The van der Waals surface area contributed by atoms with Gasteiger partial charge < -0.3 is 14.6 Å². The van der Waals surface area contributed by atoms with Crippen molar-refractivity contribution in [3.05, 3.63) is 64.9 Å². The van der Waals surface area contributed by atoms with Crippen LogP contribution in [-0.4, -0.2) is 34.1 Å². The second kappa shape index (κ2) is 9.56. The van der Waals surface area contributed by atoms with Gasteiger partial charge in [-0.05, 0) is 50.6 Å². The van der Waals surface area contributed by atoms with Crippen molar-refractivity contribution in [2.45, 2.75) is 39.3 Å². The number of halogens is 1. The zero-order valence-corrected chi connectivity index (χ0v) is 17.3. The Labute approximate surface area is 174 Å². The molecule has 0 atom stereocenters. The minimum absolute atomic E-state index is 0.114. The average molecular weight is 414 g/mol. The summed E-state index contributed by atoms with van der Waals surface area (Å²) >= 11 is 5.93. The third kappa shape index (κ3) is 5.57. The largest absolute Gasteiger partial charge is 0.462 e. The van der Waals surface area contributed by atoms with Gasteiger partial charge in [0.2, 0.25) is 0 Å². The van der Waals surface area contributed by atoms with Gasteiger partial charge in [-0.3, -0.25) is 9.59 Å². The number of rotatable bonds is 8. The van der Waals surface area contributed by atoms with E-state index in [2.05, 4.69) is 10.3 Å². The average Bonchev–Trinajstić information content (AvgIpc) is 3.02. The molecule has 0 fully saturated rings. The number of para-hydroxylation sites is 2. The Morgan fingerprint density at radius 3 is 2.72 bits per heavy atom. The van der Waals surface area contributed by atoms with Crippen LogP contribution >= 0.6 is 11.6 Å². The van der Waals surface area contributed by atoms with E-state index in [0.717, 1.165) is 16.9 Å². The van der Waals surface area contributed by atoms with Gasteiger partial charge in [-0.15, -0.1) is 0 Å². The van der Waals surface area contributed by atoms with Crippen molar-refractivity contribution in [1.29, 1.82) is 0 Å². The van der Waals surface area contributed by atoms with Gasteiger partial charge >= 0.3 is 5.97 Å². The number of aromatic nitrogens is 2. The maximum absolute atomic E-state index is 12.2. The zero-order valence-electron chi connectivity index (χ0n) is 16.5. The highest BCUT2D eigenvalue weighted by atomic mass is 35.5. The number of fused-ring (bicyclic) bond motifs is 1. The summed E-state index contributed by atoms with van der Waals surface area (Å²) in [4.78, 5) is 29.1. The van der Waals surface area contributed by atoms with Gasteiger partial charge in [-0.1, -0.05) is 29.8 Å². The number of nitrogens with one attached hydrogen (secondary N) is 1. The standard InChI is InChI=1S/C22H24ClN3O3/c1-15(2)29-21(27)14-26-19-10-4-3-9-18(19)25-20(26)11-6-12-24-22(28)16-7-5-8-17(23)13-16/h3-5,7-10,13,15H,6,11-12,14H2,1-2H3,(H,24,28). The lowest BCUT2D eigenvalue weighted by atomic mass is 10.2. The number of carbonyl (C=O) groups excluding carboxylic acids is 2. The number of hydrogen-bond donors (Lipinski definition) is 1. The van der Waals surface area contributed by atoms with Crippen LogP contribution in [0.2, 0.25) is 5.02 Å². The number of imidazole rings is 1. The van der Waals surface area contributed by atoms with Gasteiger partial charge in [-0.25, -0.2) is 4.98 Å². The molecule has 0 aliphatic rings. The third-order valence-electron chi connectivity index (χ3n) is 4.34. The molecule has 1 aromatic heterocycles. The van der Waals surface area contributed by atoms with Crippen LogP contribution in [0.3, 0.4) is 0 Å². The topological polar surface area (TPSA) is 73.2 Å². The molecule has 152 valence electrons. The summed E-state index contributed by atoms with van der Waals surface area (Å²) in [6.07, 6.45) is 1.15. The van der Waals surface area contributed by atoms with Crippen molar-refractivity contribution < 1.29 is 14.3 Å². The lowest BCUT2D eigenvalue weighted by molar-refractivity contribution is -0.148. The fraction of sp³-hybridized carbons (Fsp3) is 0.318. The van der Waals surface area contributed by atoms with Crippen LogP contribution in [0.5, 0.6) is 0 Å². The first-order chi connectivity index (χ1) is 13.9. The summed E-state index contributed by atoms with van der Waals surface area (Å²) in [6.45, 7) is 4.26. The highest BCUT2D eigenvalue weighted by Gasteiger charge is 2.15. The Balaban J connectivity index is 1.64. The summed E-state index contributed by atoms with van der Waals surface area (Å²) in [5.74, 6) is 0.337. The Hall–Kier alpha value is -2.86. The minimum atomic E-state index is -0.293. The number of ether oxygens (including phenoxy) is 1. The third-order valence-corrected chi connectivity index (χ3v) is 4.57. The molecule has 2 aromatic carbocycles. The van der Waals surface area contributed by atoms with Crippen LogP contribution in [0, 0.1) is 0 Å². The monoisotopic (exact) mass is 413 g/mol. The van der Waals surface area contributed by atoms with Crippen LogP contribution in [0.25, 0.3) is 11.0 Å². The summed E-state index contributed by atoms with van der Waals surface area (Å²) in [5.41, 5.74) is 2.26. The molecule has 1 amide bonds. The molecular formula is C22H24ClN3O3. The molecule has 0 saturated heterocycles. The predicted molar refractivity (Wildman–Crippen MR) is 113 cm³/mol.